The van der Waals surface area contributed by atoms with E-state index in [0.29, 0.717) is 4.48 Å². The molecule has 3 rings (SSSR count). The van der Waals surface area contributed by atoms with Crippen LogP contribution >= 0.6 is 0 Å². The van der Waals surface area contributed by atoms with Crippen LogP contribution in [0.5, 0.6) is 0 Å². The van der Waals surface area contributed by atoms with Gasteiger partial charge in [-0.1, -0.05) is 48.5 Å². The maximum atomic E-state index is 12.6. The number of esters is 1. The zero-order valence-corrected chi connectivity index (χ0v) is 15.2. The number of hydrogen-bond donors (Lipinski definition) is 0. The number of benzene rings is 3. The van der Waals surface area contributed by atoms with E-state index in [1.165, 1.54) is 7.11 Å². The minimum atomic E-state index is -0.379. The number of likely N-dealkylation sites (N-methyl/N-ethyl adjacent to an activating group) is 1. The Bertz CT molecular complexity index is 830. The van der Waals surface area contributed by atoms with E-state index in [1.807, 2.05) is 45.4 Å². The molecule has 0 fully saturated rings. The number of carbonyl (C=O) groups excluding carboxylic acids is 1. The van der Waals surface area contributed by atoms with Gasteiger partial charge in [0.1, 0.15) is 0 Å². The molecule has 3 aromatic carbocycles. The van der Waals surface area contributed by atoms with Crippen LogP contribution < -0.4 is 12.4 Å². The fourth-order valence-corrected chi connectivity index (χ4v) is 3.28. The van der Waals surface area contributed by atoms with Crippen LogP contribution in [0.15, 0.2) is 54.6 Å². The van der Waals surface area contributed by atoms with Crippen molar-refractivity contribution in [2.45, 2.75) is 6.04 Å². The molecule has 0 heterocycles. The van der Waals surface area contributed by atoms with E-state index in [1.54, 1.807) is 0 Å². The molecule has 1 unspecified atom stereocenters. The zero-order valence-electron chi connectivity index (χ0n) is 14.4. The zero-order chi connectivity index (χ0) is 16.6. The average Bonchev–Trinajstić information content (AvgIpc) is 2.53. The molecule has 0 spiro atoms. The summed E-state index contributed by atoms with van der Waals surface area (Å²) in [5.41, 5.74) is 1.04. The van der Waals surface area contributed by atoms with Gasteiger partial charge in [-0.15, -0.1) is 0 Å². The Balaban J connectivity index is 0.00000208. The second-order valence-electron chi connectivity index (χ2n) is 6.77. The van der Waals surface area contributed by atoms with Crippen LogP contribution in [0.3, 0.4) is 0 Å². The molecule has 3 nitrogen and oxygen atoms in total. The second-order valence-corrected chi connectivity index (χ2v) is 6.77. The first-order chi connectivity index (χ1) is 10.9. The standard InChI is InChI=1S/C20H22NO2.ClH/c1-21(2,3)19(20(22)23-4)18-16-11-7-5-9-14(16)13-15-10-6-8-12-17(15)18;/h5-13,19H,1-4H3;1H/q+1;/p-1. The maximum Gasteiger partial charge on any atom is 0.369 e. The van der Waals surface area contributed by atoms with Gasteiger partial charge in [0.15, 0.2) is 0 Å². The highest BCUT2D eigenvalue weighted by atomic mass is 35.5. The molecule has 3 aromatic rings. The van der Waals surface area contributed by atoms with Gasteiger partial charge in [0.05, 0.1) is 28.3 Å². The maximum absolute atomic E-state index is 12.6. The Hall–Kier alpha value is -2.10. The lowest BCUT2D eigenvalue weighted by molar-refractivity contribution is -0.892. The summed E-state index contributed by atoms with van der Waals surface area (Å²) in [6.45, 7) is 0. The molecule has 0 saturated carbocycles. The van der Waals surface area contributed by atoms with Crippen LogP contribution in [0.4, 0.5) is 0 Å². The van der Waals surface area contributed by atoms with Crippen LogP contribution in [-0.4, -0.2) is 38.7 Å². The normalized spacial score (nSPS) is 12.7. The van der Waals surface area contributed by atoms with Crippen molar-refractivity contribution in [2.24, 2.45) is 0 Å². The smallest absolute Gasteiger partial charge is 0.369 e. The highest BCUT2D eigenvalue weighted by Gasteiger charge is 2.36. The van der Waals surface area contributed by atoms with Crippen molar-refractivity contribution in [3.63, 3.8) is 0 Å². The molecule has 0 radical (unpaired) electrons. The molecule has 126 valence electrons. The number of halogens is 1. The summed E-state index contributed by atoms with van der Waals surface area (Å²) in [4.78, 5) is 12.6. The van der Waals surface area contributed by atoms with Crippen molar-refractivity contribution in [1.29, 1.82) is 0 Å². The number of hydrogen-bond acceptors (Lipinski definition) is 2. The summed E-state index contributed by atoms with van der Waals surface area (Å²) >= 11 is 0. The number of carbonyl (C=O) groups is 1. The van der Waals surface area contributed by atoms with Gasteiger partial charge in [0, 0.05) is 5.56 Å². The first-order valence-electron chi connectivity index (χ1n) is 7.73. The van der Waals surface area contributed by atoms with Gasteiger partial charge in [0.2, 0.25) is 6.04 Å². The van der Waals surface area contributed by atoms with E-state index >= 15 is 0 Å². The first kappa shape index (κ1) is 18.2. The van der Waals surface area contributed by atoms with Crippen molar-refractivity contribution in [2.75, 3.05) is 28.3 Å². The third kappa shape index (κ3) is 3.10. The highest BCUT2D eigenvalue weighted by molar-refractivity contribution is 6.05. The Kier molecular flexibility index (Phi) is 5.16. The molecule has 1 atom stereocenters. The lowest BCUT2D eigenvalue weighted by Crippen LogP contribution is -3.00. The van der Waals surface area contributed by atoms with Gasteiger partial charge in [-0.2, -0.15) is 0 Å². The van der Waals surface area contributed by atoms with Gasteiger partial charge in [-0.25, -0.2) is 4.79 Å². The van der Waals surface area contributed by atoms with E-state index in [0.717, 1.165) is 27.1 Å². The third-order valence-electron chi connectivity index (χ3n) is 4.29. The van der Waals surface area contributed by atoms with E-state index in [9.17, 15) is 4.79 Å². The van der Waals surface area contributed by atoms with Crippen LogP contribution in [0.1, 0.15) is 11.6 Å². The van der Waals surface area contributed by atoms with Gasteiger partial charge in [-0.3, -0.25) is 0 Å². The monoisotopic (exact) mass is 343 g/mol. The van der Waals surface area contributed by atoms with Crippen molar-refractivity contribution >= 4 is 27.5 Å². The Morgan fingerprint density at radius 3 is 1.79 bits per heavy atom. The fraction of sp³-hybridized carbons (Fsp3) is 0.250. The molecule has 0 bridgehead atoms. The molecule has 0 aliphatic heterocycles. The van der Waals surface area contributed by atoms with Gasteiger partial charge in [-0.05, 0) is 27.6 Å². The van der Waals surface area contributed by atoms with Gasteiger partial charge >= 0.3 is 5.97 Å². The number of methoxy groups -OCH3 is 1. The van der Waals surface area contributed by atoms with Crippen molar-refractivity contribution in [3.05, 3.63) is 60.2 Å². The van der Waals surface area contributed by atoms with Crippen LogP contribution in [-0.2, 0) is 9.53 Å². The van der Waals surface area contributed by atoms with E-state index in [2.05, 4.69) is 30.3 Å². The van der Waals surface area contributed by atoms with Crippen LogP contribution in [0.25, 0.3) is 21.5 Å². The lowest BCUT2D eigenvalue weighted by Gasteiger charge is -2.33. The topological polar surface area (TPSA) is 26.3 Å². The Morgan fingerprint density at radius 2 is 1.38 bits per heavy atom. The van der Waals surface area contributed by atoms with Gasteiger partial charge in [0.25, 0.3) is 0 Å². The quantitative estimate of drug-likeness (QED) is 0.401. The fourth-order valence-electron chi connectivity index (χ4n) is 3.28. The SMILES string of the molecule is COC(=O)C(c1c2ccccc2cc2ccccc12)[N+](C)(C)C.[Cl-]. The summed E-state index contributed by atoms with van der Waals surface area (Å²) in [5.74, 6) is -0.209. The number of rotatable bonds is 3. The Morgan fingerprint density at radius 1 is 0.917 bits per heavy atom. The third-order valence-corrected chi connectivity index (χ3v) is 4.29. The summed E-state index contributed by atoms with van der Waals surface area (Å²) in [5, 5.41) is 4.50. The van der Waals surface area contributed by atoms with Crippen LogP contribution in [0, 0.1) is 0 Å². The lowest BCUT2D eigenvalue weighted by atomic mass is 9.91. The summed E-state index contributed by atoms with van der Waals surface area (Å²) in [6, 6.07) is 18.2. The molecule has 0 amide bonds. The van der Waals surface area contributed by atoms with E-state index in [-0.39, 0.29) is 24.4 Å². The van der Waals surface area contributed by atoms with Crippen molar-refractivity contribution in [1.82, 2.24) is 0 Å². The van der Waals surface area contributed by atoms with Crippen molar-refractivity contribution < 1.29 is 26.4 Å². The average molecular weight is 344 g/mol. The molecule has 0 aliphatic carbocycles. The number of quaternary nitrogens is 1. The highest BCUT2D eigenvalue weighted by Crippen LogP contribution is 2.37. The first-order valence-corrected chi connectivity index (χ1v) is 7.73. The molecular formula is C20H22ClNO2. The summed E-state index contributed by atoms with van der Waals surface area (Å²) < 4.78 is 5.61. The number of fused-ring (bicyclic) bond motifs is 2. The predicted octanol–water partition coefficient (Wildman–Crippen LogP) is 0.917. The molecule has 4 heteroatoms. The number of ether oxygens (including phenoxy) is 1. The van der Waals surface area contributed by atoms with E-state index in [4.69, 9.17) is 4.74 Å². The molecule has 0 aromatic heterocycles. The van der Waals surface area contributed by atoms with Crippen LogP contribution in [0.2, 0.25) is 0 Å². The van der Waals surface area contributed by atoms with Crippen molar-refractivity contribution in [3.8, 4) is 0 Å². The minimum absolute atomic E-state index is 0. The molecule has 0 saturated heterocycles. The Labute approximate surface area is 148 Å². The number of nitrogens with zero attached hydrogens (tertiary/aromatic N) is 1. The molecule has 0 N–H and O–H groups in total. The summed E-state index contributed by atoms with van der Waals surface area (Å²) in [6.07, 6.45) is 0. The molecule has 0 aliphatic rings. The van der Waals surface area contributed by atoms with E-state index < -0.39 is 0 Å². The second kappa shape index (κ2) is 6.80. The predicted molar refractivity (Wildman–Crippen MR) is 94.2 cm³/mol. The molecule has 24 heavy (non-hydrogen) atoms. The largest absolute Gasteiger partial charge is 1.00 e. The van der Waals surface area contributed by atoms with Gasteiger partial charge < -0.3 is 21.6 Å². The minimum Gasteiger partial charge on any atom is -1.00 e. The summed E-state index contributed by atoms with van der Waals surface area (Å²) in [7, 11) is 7.53. The molecular weight excluding hydrogens is 322 g/mol.